The van der Waals surface area contributed by atoms with Crippen LogP contribution in [-0.4, -0.2) is 56.6 Å². The Hall–Kier alpha value is -2.39. The number of benzene rings is 2. The van der Waals surface area contributed by atoms with E-state index in [0.29, 0.717) is 29.5 Å². The minimum Gasteiger partial charge on any atom is -0.352 e. The third kappa shape index (κ3) is 7.85. The average molecular weight is 539 g/mol. The van der Waals surface area contributed by atoms with Crippen molar-refractivity contribution >= 4 is 43.5 Å². The van der Waals surface area contributed by atoms with Gasteiger partial charge in [0.2, 0.25) is 21.8 Å². The Morgan fingerprint density at radius 3 is 2.18 bits per heavy atom. The van der Waals surface area contributed by atoms with E-state index in [2.05, 4.69) is 21.2 Å². The van der Waals surface area contributed by atoms with E-state index < -0.39 is 28.5 Å². The molecule has 7 nitrogen and oxygen atoms in total. The van der Waals surface area contributed by atoms with Crippen LogP contribution in [0.4, 0.5) is 5.69 Å². The van der Waals surface area contributed by atoms with E-state index >= 15 is 0 Å². The third-order valence-corrected chi connectivity index (χ3v) is 6.90. The van der Waals surface area contributed by atoms with Crippen LogP contribution >= 0.6 is 15.9 Å². The number of hydrogen-bond donors (Lipinski definition) is 1. The second kappa shape index (κ2) is 12.2. The number of rotatable bonds is 11. The molecule has 0 saturated heterocycles. The van der Waals surface area contributed by atoms with Crippen molar-refractivity contribution in [2.24, 2.45) is 0 Å². The molecule has 0 aliphatic carbocycles. The number of carbonyl (C=O) groups is 2. The largest absolute Gasteiger partial charge is 0.352 e. The molecular weight excluding hydrogens is 506 g/mol. The molecule has 1 N–H and O–H groups in total. The van der Waals surface area contributed by atoms with Crippen LogP contribution in [0.5, 0.6) is 0 Å². The van der Waals surface area contributed by atoms with Gasteiger partial charge in [-0.1, -0.05) is 49.4 Å². The van der Waals surface area contributed by atoms with Gasteiger partial charge in [-0.3, -0.25) is 13.9 Å². The molecule has 2 amide bonds. The van der Waals surface area contributed by atoms with E-state index in [1.807, 2.05) is 51.1 Å². The van der Waals surface area contributed by atoms with Crippen molar-refractivity contribution < 1.29 is 18.0 Å². The van der Waals surface area contributed by atoms with Gasteiger partial charge in [0.05, 0.1) is 11.9 Å². The van der Waals surface area contributed by atoms with Gasteiger partial charge in [-0.2, -0.15) is 0 Å². The molecular formula is C24H32BrN3O4S. The molecule has 1 atom stereocenters. The minimum atomic E-state index is -3.75. The molecule has 0 aliphatic heterocycles. The van der Waals surface area contributed by atoms with Crippen LogP contribution in [0.15, 0.2) is 59.1 Å². The van der Waals surface area contributed by atoms with Crippen molar-refractivity contribution in [3.05, 3.63) is 64.6 Å². The van der Waals surface area contributed by atoms with Gasteiger partial charge in [0, 0.05) is 17.1 Å². The fraction of sp³-hybridized carbons (Fsp3) is 0.417. The fourth-order valence-corrected chi connectivity index (χ4v) is 5.00. The molecule has 0 radical (unpaired) electrons. The lowest BCUT2D eigenvalue weighted by molar-refractivity contribution is -0.139. The van der Waals surface area contributed by atoms with Crippen LogP contribution in [-0.2, 0) is 26.0 Å². The number of amides is 2. The molecule has 9 heteroatoms. The topological polar surface area (TPSA) is 86.8 Å². The lowest BCUT2D eigenvalue weighted by atomic mass is 10.1. The number of halogens is 1. The van der Waals surface area contributed by atoms with E-state index in [1.54, 1.807) is 24.3 Å². The molecule has 2 aromatic rings. The summed E-state index contributed by atoms with van der Waals surface area (Å²) in [4.78, 5) is 27.9. The van der Waals surface area contributed by atoms with Gasteiger partial charge in [0.25, 0.3) is 0 Å². The van der Waals surface area contributed by atoms with Gasteiger partial charge in [0.1, 0.15) is 12.6 Å². The Bertz CT molecular complexity index is 1040. The normalized spacial score (nSPS) is 12.3. The zero-order chi connectivity index (χ0) is 24.6. The lowest BCUT2D eigenvalue weighted by Gasteiger charge is -2.33. The first kappa shape index (κ1) is 26.9. The molecule has 0 heterocycles. The molecule has 180 valence electrons. The van der Waals surface area contributed by atoms with Crippen molar-refractivity contribution in [2.45, 2.75) is 45.7 Å². The van der Waals surface area contributed by atoms with Crippen LogP contribution in [0.1, 0.15) is 32.8 Å². The Kier molecular flexibility index (Phi) is 9.91. The van der Waals surface area contributed by atoms with Gasteiger partial charge in [-0.05, 0) is 60.3 Å². The maximum Gasteiger partial charge on any atom is 0.244 e. The first-order valence-electron chi connectivity index (χ1n) is 10.9. The number of anilines is 1. The molecule has 0 saturated carbocycles. The first-order chi connectivity index (χ1) is 15.5. The Morgan fingerprint density at radius 2 is 1.64 bits per heavy atom. The summed E-state index contributed by atoms with van der Waals surface area (Å²) in [7, 11) is -3.75. The summed E-state index contributed by atoms with van der Waals surface area (Å²) in [5.74, 6) is -0.682. The van der Waals surface area contributed by atoms with E-state index in [0.717, 1.165) is 16.1 Å². The minimum absolute atomic E-state index is 0.0783. The van der Waals surface area contributed by atoms with Crippen LogP contribution in [0.2, 0.25) is 0 Å². The van der Waals surface area contributed by atoms with Crippen molar-refractivity contribution in [2.75, 3.05) is 23.7 Å². The van der Waals surface area contributed by atoms with E-state index in [-0.39, 0.29) is 11.9 Å². The van der Waals surface area contributed by atoms with Gasteiger partial charge in [-0.25, -0.2) is 8.42 Å². The van der Waals surface area contributed by atoms with Crippen molar-refractivity contribution in [3.63, 3.8) is 0 Å². The predicted octanol–water partition coefficient (Wildman–Crippen LogP) is 3.59. The number of nitrogens with zero attached hydrogens (tertiary/aromatic N) is 2. The lowest BCUT2D eigenvalue weighted by Crippen LogP contribution is -2.54. The number of hydrogen-bond acceptors (Lipinski definition) is 4. The van der Waals surface area contributed by atoms with Gasteiger partial charge in [0.15, 0.2) is 0 Å². The molecule has 2 rings (SSSR count). The van der Waals surface area contributed by atoms with Crippen LogP contribution in [0.3, 0.4) is 0 Å². The van der Waals surface area contributed by atoms with Crippen molar-refractivity contribution in [1.29, 1.82) is 0 Å². The fourth-order valence-electron chi connectivity index (χ4n) is 3.53. The summed E-state index contributed by atoms with van der Waals surface area (Å²) in [5, 5.41) is 2.88. The Labute approximate surface area is 205 Å². The Morgan fingerprint density at radius 1 is 1.03 bits per heavy atom. The maximum atomic E-state index is 13.5. The number of nitrogens with one attached hydrogen (secondary N) is 1. The second-order valence-electron chi connectivity index (χ2n) is 8.13. The summed E-state index contributed by atoms with van der Waals surface area (Å²) in [6.07, 6.45) is 2.02. The van der Waals surface area contributed by atoms with E-state index in [4.69, 9.17) is 0 Å². The van der Waals surface area contributed by atoms with E-state index in [9.17, 15) is 18.0 Å². The summed E-state index contributed by atoms with van der Waals surface area (Å²) in [5.41, 5.74) is 1.40. The summed E-state index contributed by atoms with van der Waals surface area (Å²) in [6, 6.07) is 15.7. The first-order valence-corrected chi connectivity index (χ1v) is 13.5. The van der Waals surface area contributed by atoms with Crippen molar-refractivity contribution in [3.8, 4) is 0 Å². The molecule has 0 aromatic heterocycles. The summed E-state index contributed by atoms with van der Waals surface area (Å²) >= 11 is 3.38. The summed E-state index contributed by atoms with van der Waals surface area (Å²) in [6.45, 7) is 5.45. The van der Waals surface area contributed by atoms with Crippen LogP contribution in [0.25, 0.3) is 0 Å². The molecule has 0 aliphatic rings. The third-order valence-electron chi connectivity index (χ3n) is 5.10. The predicted molar refractivity (Wildman–Crippen MR) is 136 cm³/mol. The maximum absolute atomic E-state index is 13.5. The number of para-hydroxylation sites is 1. The highest BCUT2D eigenvalue weighted by molar-refractivity contribution is 9.10. The monoisotopic (exact) mass is 537 g/mol. The van der Waals surface area contributed by atoms with Crippen LogP contribution < -0.4 is 9.62 Å². The number of carbonyl (C=O) groups excluding carboxylic acids is 2. The highest BCUT2D eigenvalue weighted by Crippen LogP contribution is 2.27. The standard InChI is InChI=1S/C24H32BrN3O4S/c1-5-21(24(30)26-18(2)3)27(16-15-19-11-7-6-8-12-19)23(29)17-28(33(4,31)32)22-14-10-9-13-20(22)25/h6-14,18,21H,5,15-17H2,1-4H3,(H,26,30)/t21-/m0/s1. The van der Waals surface area contributed by atoms with Gasteiger partial charge < -0.3 is 10.2 Å². The smallest absolute Gasteiger partial charge is 0.244 e. The molecule has 0 spiro atoms. The Balaban J connectivity index is 2.37. The van der Waals surface area contributed by atoms with Crippen molar-refractivity contribution in [1.82, 2.24) is 10.2 Å². The molecule has 2 aromatic carbocycles. The van der Waals surface area contributed by atoms with Gasteiger partial charge in [-0.15, -0.1) is 0 Å². The van der Waals surface area contributed by atoms with Crippen LogP contribution in [0, 0.1) is 0 Å². The number of sulfonamides is 1. The van der Waals surface area contributed by atoms with E-state index in [1.165, 1.54) is 4.90 Å². The highest BCUT2D eigenvalue weighted by atomic mass is 79.9. The average Bonchev–Trinajstić information content (AvgIpc) is 2.74. The SMILES string of the molecule is CC[C@@H](C(=O)NC(C)C)N(CCc1ccccc1)C(=O)CN(c1ccccc1Br)S(C)(=O)=O. The second-order valence-corrected chi connectivity index (χ2v) is 10.9. The highest BCUT2D eigenvalue weighted by Gasteiger charge is 2.32. The molecule has 0 bridgehead atoms. The molecule has 33 heavy (non-hydrogen) atoms. The zero-order valence-corrected chi connectivity index (χ0v) is 21.9. The molecule has 0 unspecified atom stereocenters. The summed E-state index contributed by atoms with van der Waals surface area (Å²) < 4.78 is 26.8. The zero-order valence-electron chi connectivity index (χ0n) is 19.5. The van der Waals surface area contributed by atoms with Gasteiger partial charge >= 0.3 is 0 Å². The molecule has 0 fully saturated rings. The quantitative estimate of drug-likeness (QED) is 0.474.